The SMILES string of the molecule is N#CCc1cc(C=O)ccc1C(=O)O.N#CCc1cccc(C(=O)O)c1C=O. The van der Waals surface area contributed by atoms with Gasteiger partial charge in [0.25, 0.3) is 0 Å². The molecule has 8 heteroatoms. The molecule has 0 amide bonds. The first-order valence-corrected chi connectivity index (χ1v) is 7.75. The number of carboxylic acids is 2. The third kappa shape index (κ3) is 5.61. The minimum Gasteiger partial charge on any atom is -0.478 e. The molecule has 8 nitrogen and oxygen atoms in total. The zero-order valence-electron chi connectivity index (χ0n) is 14.5. The predicted octanol–water partition coefficient (Wildman–Crippen LogP) is 2.53. The summed E-state index contributed by atoms with van der Waals surface area (Å²) >= 11 is 0. The quantitative estimate of drug-likeness (QED) is 0.726. The molecule has 0 radical (unpaired) electrons. The minimum absolute atomic E-state index is 0.0106. The van der Waals surface area contributed by atoms with E-state index in [1.165, 1.54) is 30.3 Å². The van der Waals surface area contributed by atoms with E-state index in [2.05, 4.69) is 0 Å². The second-order valence-corrected chi connectivity index (χ2v) is 5.31. The Morgan fingerprint density at radius 3 is 1.96 bits per heavy atom. The van der Waals surface area contributed by atoms with Crippen LogP contribution in [-0.2, 0) is 12.8 Å². The number of benzene rings is 2. The molecule has 0 aliphatic carbocycles. The Morgan fingerprint density at radius 1 is 0.857 bits per heavy atom. The standard InChI is InChI=1S/2C10H7NO3/c11-4-3-8-5-7(6-12)1-2-9(8)10(13)14;11-5-4-7-2-1-3-8(10(13)14)9(7)6-12/h1-2,5-6H,3H2,(H,13,14);1-3,6H,4H2,(H,13,14). The molecule has 140 valence electrons. The van der Waals surface area contributed by atoms with Crippen LogP contribution in [0.15, 0.2) is 36.4 Å². The van der Waals surface area contributed by atoms with E-state index < -0.39 is 11.9 Å². The zero-order valence-corrected chi connectivity index (χ0v) is 14.5. The van der Waals surface area contributed by atoms with Gasteiger partial charge in [0.2, 0.25) is 0 Å². The zero-order chi connectivity index (χ0) is 21.1. The lowest BCUT2D eigenvalue weighted by Crippen LogP contribution is -2.04. The summed E-state index contributed by atoms with van der Waals surface area (Å²) in [5, 5.41) is 34.4. The number of nitriles is 2. The van der Waals surface area contributed by atoms with Crippen LogP contribution in [0.1, 0.15) is 52.6 Å². The Labute approximate surface area is 159 Å². The van der Waals surface area contributed by atoms with E-state index in [-0.39, 0.29) is 29.5 Å². The van der Waals surface area contributed by atoms with Crippen LogP contribution >= 0.6 is 0 Å². The molecule has 0 spiro atoms. The van der Waals surface area contributed by atoms with E-state index in [0.717, 1.165) is 0 Å². The number of carbonyl (C=O) groups excluding carboxylic acids is 2. The van der Waals surface area contributed by atoms with Crippen LogP contribution in [0.5, 0.6) is 0 Å². The number of hydrogen-bond acceptors (Lipinski definition) is 6. The normalized spacial score (nSPS) is 9.07. The summed E-state index contributed by atoms with van der Waals surface area (Å²) in [6.07, 6.45) is 1.11. The molecule has 2 N–H and O–H groups in total. The molecule has 2 aromatic rings. The Bertz CT molecular complexity index is 999. The first-order chi connectivity index (χ1) is 13.4. The van der Waals surface area contributed by atoms with Crippen LogP contribution in [0, 0.1) is 22.7 Å². The number of carboxylic acid groups (broad SMARTS) is 2. The van der Waals surface area contributed by atoms with E-state index in [1.54, 1.807) is 6.07 Å². The summed E-state index contributed by atoms with van der Waals surface area (Å²) in [5.74, 6) is -2.25. The highest BCUT2D eigenvalue weighted by atomic mass is 16.4. The van der Waals surface area contributed by atoms with Crippen LogP contribution in [0.3, 0.4) is 0 Å². The lowest BCUT2D eigenvalue weighted by atomic mass is 10.0. The average molecular weight is 378 g/mol. The fourth-order valence-corrected chi connectivity index (χ4v) is 2.31. The first kappa shape index (κ1) is 21.7. The first-order valence-electron chi connectivity index (χ1n) is 7.75. The second-order valence-electron chi connectivity index (χ2n) is 5.31. The van der Waals surface area contributed by atoms with E-state index in [0.29, 0.717) is 29.3 Å². The third-order valence-electron chi connectivity index (χ3n) is 3.58. The molecule has 0 heterocycles. The number of hydrogen-bond donors (Lipinski definition) is 2. The van der Waals surface area contributed by atoms with E-state index in [9.17, 15) is 19.2 Å². The monoisotopic (exact) mass is 378 g/mol. The van der Waals surface area contributed by atoms with Gasteiger partial charge in [-0.05, 0) is 29.3 Å². The highest BCUT2D eigenvalue weighted by molar-refractivity contribution is 5.98. The third-order valence-corrected chi connectivity index (χ3v) is 3.58. The van der Waals surface area contributed by atoms with E-state index >= 15 is 0 Å². The molecule has 0 aromatic heterocycles. The molecule has 2 aromatic carbocycles. The molecule has 0 aliphatic rings. The lowest BCUT2D eigenvalue weighted by Gasteiger charge is -2.03. The van der Waals surface area contributed by atoms with Crippen molar-refractivity contribution in [2.24, 2.45) is 0 Å². The highest BCUT2D eigenvalue weighted by Crippen LogP contribution is 2.13. The van der Waals surface area contributed by atoms with Crippen LogP contribution < -0.4 is 0 Å². The van der Waals surface area contributed by atoms with Crippen molar-refractivity contribution in [3.63, 3.8) is 0 Å². The largest absolute Gasteiger partial charge is 0.478 e. The minimum atomic E-state index is -1.16. The van der Waals surface area contributed by atoms with Crippen LogP contribution in [0.25, 0.3) is 0 Å². The molecule has 0 fully saturated rings. The summed E-state index contributed by atoms with van der Waals surface area (Å²) in [5.41, 5.74) is 1.28. The van der Waals surface area contributed by atoms with Crippen molar-refractivity contribution in [1.29, 1.82) is 10.5 Å². The van der Waals surface area contributed by atoms with Crippen molar-refractivity contribution in [1.82, 2.24) is 0 Å². The number of aromatic carboxylic acids is 2. The maximum absolute atomic E-state index is 10.7. The lowest BCUT2D eigenvalue weighted by molar-refractivity contribution is 0.0684. The Balaban J connectivity index is 0.000000280. The molecule has 0 saturated carbocycles. The summed E-state index contributed by atoms with van der Waals surface area (Å²) in [4.78, 5) is 42.5. The molecule has 0 atom stereocenters. The van der Waals surface area contributed by atoms with Gasteiger partial charge < -0.3 is 10.2 Å². The molecular weight excluding hydrogens is 364 g/mol. The van der Waals surface area contributed by atoms with Crippen molar-refractivity contribution in [2.75, 3.05) is 0 Å². The number of nitrogens with zero attached hydrogens (tertiary/aromatic N) is 2. The van der Waals surface area contributed by atoms with Crippen molar-refractivity contribution in [2.45, 2.75) is 12.8 Å². The van der Waals surface area contributed by atoms with Crippen LogP contribution in [-0.4, -0.2) is 34.7 Å². The number of rotatable bonds is 6. The van der Waals surface area contributed by atoms with Gasteiger partial charge in [0, 0.05) is 11.1 Å². The topological polar surface area (TPSA) is 156 Å². The van der Waals surface area contributed by atoms with Crippen molar-refractivity contribution in [3.8, 4) is 12.1 Å². The summed E-state index contributed by atoms with van der Waals surface area (Å²) in [6.45, 7) is 0. The van der Waals surface area contributed by atoms with Crippen molar-refractivity contribution in [3.05, 3.63) is 69.8 Å². The number of carbonyl (C=O) groups is 4. The fraction of sp³-hybridized carbons (Fsp3) is 0.100. The van der Waals surface area contributed by atoms with Gasteiger partial charge in [0.15, 0.2) is 6.29 Å². The highest BCUT2D eigenvalue weighted by Gasteiger charge is 2.12. The van der Waals surface area contributed by atoms with Crippen molar-refractivity contribution < 1.29 is 29.4 Å². The molecule has 2 rings (SSSR count). The average Bonchev–Trinajstić information content (AvgIpc) is 2.68. The van der Waals surface area contributed by atoms with Gasteiger partial charge in [-0.1, -0.05) is 18.2 Å². The van der Waals surface area contributed by atoms with Gasteiger partial charge in [-0.3, -0.25) is 9.59 Å². The van der Waals surface area contributed by atoms with Crippen LogP contribution in [0.2, 0.25) is 0 Å². The van der Waals surface area contributed by atoms with Gasteiger partial charge in [0.05, 0.1) is 36.1 Å². The molecule has 0 unspecified atom stereocenters. The Morgan fingerprint density at radius 2 is 1.46 bits per heavy atom. The Hall–Kier alpha value is -4.30. The molecule has 0 bridgehead atoms. The van der Waals surface area contributed by atoms with Gasteiger partial charge in [-0.25, -0.2) is 9.59 Å². The second kappa shape index (κ2) is 10.6. The van der Waals surface area contributed by atoms with Crippen LogP contribution in [0.4, 0.5) is 0 Å². The van der Waals surface area contributed by atoms with Gasteiger partial charge in [0.1, 0.15) is 6.29 Å². The maximum Gasteiger partial charge on any atom is 0.336 e. The summed E-state index contributed by atoms with van der Waals surface area (Å²) in [6, 6.07) is 12.3. The molecular formula is C20H14N2O6. The fourth-order valence-electron chi connectivity index (χ4n) is 2.31. The molecule has 28 heavy (non-hydrogen) atoms. The predicted molar refractivity (Wildman–Crippen MR) is 96.2 cm³/mol. The van der Waals surface area contributed by atoms with Gasteiger partial charge in [-0.15, -0.1) is 0 Å². The van der Waals surface area contributed by atoms with Gasteiger partial charge >= 0.3 is 11.9 Å². The smallest absolute Gasteiger partial charge is 0.336 e. The molecule has 0 aliphatic heterocycles. The maximum atomic E-state index is 10.7. The van der Waals surface area contributed by atoms with Gasteiger partial charge in [-0.2, -0.15) is 10.5 Å². The summed E-state index contributed by atoms with van der Waals surface area (Å²) in [7, 11) is 0. The Kier molecular flexibility index (Phi) is 8.26. The summed E-state index contributed by atoms with van der Waals surface area (Å²) < 4.78 is 0. The van der Waals surface area contributed by atoms with Crippen molar-refractivity contribution >= 4 is 24.5 Å². The van der Waals surface area contributed by atoms with E-state index in [1.807, 2.05) is 12.1 Å². The molecule has 0 saturated heterocycles. The van der Waals surface area contributed by atoms with E-state index in [4.69, 9.17) is 20.7 Å². The number of aldehydes is 2.